The number of carboxylic acids is 1. The van der Waals surface area contributed by atoms with E-state index in [-0.39, 0.29) is 48.0 Å². The third kappa shape index (κ3) is 5.77. The lowest BCUT2D eigenvalue weighted by Gasteiger charge is -2.49. The van der Waals surface area contributed by atoms with E-state index in [1.54, 1.807) is 24.3 Å². The van der Waals surface area contributed by atoms with Crippen molar-refractivity contribution in [3.8, 4) is 5.75 Å². The summed E-state index contributed by atoms with van der Waals surface area (Å²) in [5, 5.41) is 9.85. The van der Waals surface area contributed by atoms with Crippen LogP contribution in [0.2, 0.25) is 5.02 Å². The summed E-state index contributed by atoms with van der Waals surface area (Å²) < 4.78 is 32.3. The van der Waals surface area contributed by atoms with Crippen molar-refractivity contribution in [3.05, 3.63) is 81.7 Å². The number of rotatable bonds is 7. The molecular weight excluding hydrogens is 578 g/mol. The Hall–Kier alpha value is -3.43. The van der Waals surface area contributed by atoms with Crippen LogP contribution in [-0.2, 0) is 24.5 Å². The molecule has 0 aromatic heterocycles. The monoisotopic (exact) mass is 611 g/mol. The van der Waals surface area contributed by atoms with Crippen molar-refractivity contribution in [1.29, 1.82) is 0 Å². The van der Waals surface area contributed by atoms with Gasteiger partial charge in [-0.25, -0.2) is 0 Å². The van der Waals surface area contributed by atoms with Crippen LogP contribution in [0.5, 0.6) is 5.75 Å². The first-order valence-electron chi connectivity index (χ1n) is 13.9. The summed E-state index contributed by atoms with van der Waals surface area (Å²) in [7, 11) is -4.26. The first-order chi connectivity index (χ1) is 19.6. The highest BCUT2D eigenvalue weighted by atomic mass is 35.5. The summed E-state index contributed by atoms with van der Waals surface area (Å²) in [5.41, 5.74) is 1.58. The first-order valence-corrected chi connectivity index (χ1v) is 15.7. The Kier molecular flexibility index (Phi) is 7.64. The maximum Gasteiger partial charge on any atom is 0.339 e. The zero-order valence-corrected chi connectivity index (χ0v) is 25.6. The molecule has 5 rings (SSSR count). The van der Waals surface area contributed by atoms with Gasteiger partial charge in [0.05, 0.1) is 6.42 Å². The highest BCUT2D eigenvalue weighted by Gasteiger charge is 2.49. The second-order valence-corrected chi connectivity index (χ2v) is 14.8. The Morgan fingerprint density at radius 3 is 2.00 bits per heavy atom. The van der Waals surface area contributed by atoms with Gasteiger partial charge in [0.15, 0.2) is 11.6 Å². The van der Waals surface area contributed by atoms with Gasteiger partial charge in [-0.1, -0.05) is 57.5 Å². The molecule has 0 bridgehead atoms. The third-order valence-electron chi connectivity index (χ3n) is 8.09. The Morgan fingerprint density at radius 2 is 1.48 bits per heavy atom. The van der Waals surface area contributed by atoms with E-state index in [0.29, 0.717) is 46.0 Å². The quantitative estimate of drug-likeness (QED) is 0.364. The van der Waals surface area contributed by atoms with Crippen LogP contribution in [0.15, 0.2) is 76.0 Å². The minimum atomic E-state index is -4.26. The summed E-state index contributed by atoms with van der Waals surface area (Å²) in [6, 6.07) is 12.2. The Bertz CT molecular complexity index is 1600. The van der Waals surface area contributed by atoms with Gasteiger partial charge in [-0.3, -0.25) is 14.4 Å². The van der Waals surface area contributed by atoms with E-state index in [0.717, 1.165) is 0 Å². The van der Waals surface area contributed by atoms with Crippen LogP contribution in [0.25, 0.3) is 0 Å². The fraction of sp³-hybridized carbons (Fsp3) is 0.406. The number of carbonyl (C=O) groups excluding carboxylic acids is 2. The molecule has 10 heteroatoms. The van der Waals surface area contributed by atoms with Crippen LogP contribution >= 0.6 is 11.6 Å². The standard InChI is InChI=1S/C32H34ClNO7S/c1-31(2)15-22-29(24(35)17-31)28(30-23(34(22)13-12-27(37)38)16-32(3,4)18-25(30)36)21-14-19(33)10-11-26(21)41-42(39,40)20-8-6-5-7-9-20/h5-11,14,28H,12-13,15-18H2,1-4H3,(H,37,38). The van der Waals surface area contributed by atoms with Gasteiger partial charge in [-0.15, -0.1) is 0 Å². The molecule has 0 saturated heterocycles. The number of hydrogen-bond acceptors (Lipinski definition) is 7. The van der Waals surface area contributed by atoms with Crippen LogP contribution in [0.4, 0.5) is 0 Å². The molecular formula is C32H34ClNO7S. The number of nitrogens with zero attached hydrogens (tertiary/aromatic N) is 1. The molecule has 42 heavy (non-hydrogen) atoms. The molecule has 1 heterocycles. The number of aliphatic carboxylic acids is 1. The van der Waals surface area contributed by atoms with Gasteiger partial charge >= 0.3 is 16.1 Å². The van der Waals surface area contributed by atoms with Crippen molar-refractivity contribution < 1.29 is 32.1 Å². The molecule has 0 fully saturated rings. The SMILES string of the molecule is CC1(C)CC(=O)C2=C(C1)N(CCC(=O)O)C1=C(C(=O)CC(C)(C)C1)C2c1cc(Cl)ccc1OS(=O)(=O)c1ccccc1. The molecule has 0 spiro atoms. The molecule has 3 aliphatic rings. The number of carbonyl (C=O) groups is 3. The Labute approximate surface area is 251 Å². The maximum atomic E-state index is 14.0. The molecule has 2 aromatic rings. The van der Waals surface area contributed by atoms with Crippen molar-refractivity contribution in [2.45, 2.75) is 70.6 Å². The fourth-order valence-corrected chi connectivity index (χ4v) is 7.57. The van der Waals surface area contributed by atoms with Gasteiger partial charge in [0, 0.05) is 58.4 Å². The number of benzene rings is 2. The van der Waals surface area contributed by atoms with Gasteiger partial charge in [-0.2, -0.15) is 8.42 Å². The van der Waals surface area contributed by atoms with E-state index in [4.69, 9.17) is 15.8 Å². The van der Waals surface area contributed by atoms with Crippen molar-refractivity contribution >= 4 is 39.3 Å². The average Bonchev–Trinajstić information content (AvgIpc) is 2.87. The van der Waals surface area contributed by atoms with Gasteiger partial charge in [0.25, 0.3) is 0 Å². The zero-order chi connectivity index (χ0) is 30.6. The van der Waals surface area contributed by atoms with Gasteiger partial charge in [0.1, 0.15) is 10.6 Å². The lowest BCUT2D eigenvalue weighted by molar-refractivity contribution is -0.137. The van der Waals surface area contributed by atoms with Gasteiger partial charge in [-0.05, 0) is 54.0 Å². The summed E-state index contributed by atoms with van der Waals surface area (Å²) >= 11 is 6.47. The number of carboxylic acid groups (broad SMARTS) is 1. The van der Waals surface area contributed by atoms with E-state index >= 15 is 0 Å². The maximum absolute atomic E-state index is 14.0. The fourth-order valence-electron chi connectivity index (χ4n) is 6.41. The lowest BCUT2D eigenvalue weighted by Crippen LogP contribution is -2.45. The molecule has 1 aliphatic heterocycles. The van der Waals surface area contributed by atoms with Crippen molar-refractivity contribution in [2.75, 3.05) is 6.54 Å². The molecule has 0 atom stereocenters. The van der Waals surface area contributed by atoms with Crippen molar-refractivity contribution in [1.82, 2.24) is 4.90 Å². The molecule has 1 N–H and O–H groups in total. The van der Waals surface area contributed by atoms with Crippen LogP contribution in [-0.4, -0.2) is 42.5 Å². The second-order valence-electron chi connectivity index (χ2n) is 12.9. The molecule has 0 unspecified atom stereocenters. The average molecular weight is 612 g/mol. The Balaban J connectivity index is 1.76. The van der Waals surface area contributed by atoms with E-state index in [1.807, 2.05) is 32.6 Å². The summed E-state index contributed by atoms with van der Waals surface area (Å²) in [4.78, 5) is 41.5. The van der Waals surface area contributed by atoms with Crippen LogP contribution in [0.3, 0.4) is 0 Å². The second kappa shape index (κ2) is 10.7. The summed E-state index contributed by atoms with van der Waals surface area (Å²) in [6.45, 7) is 8.05. The number of halogens is 1. The molecule has 2 aromatic carbocycles. The minimum Gasteiger partial charge on any atom is -0.481 e. The topological polar surface area (TPSA) is 118 Å². The van der Waals surface area contributed by atoms with E-state index < -0.39 is 32.8 Å². The summed E-state index contributed by atoms with van der Waals surface area (Å²) in [6.07, 6.45) is 1.22. The largest absolute Gasteiger partial charge is 0.481 e. The van der Waals surface area contributed by atoms with Crippen molar-refractivity contribution in [3.63, 3.8) is 0 Å². The number of allylic oxidation sites excluding steroid dienone is 4. The predicted molar refractivity (Wildman–Crippen MR) is 158 cm³/mol. The molecule has 0 saturated carbocycles. The highest BCUT2D eigenvalue weighted by molar-refractivity contribution is 7.87. The lowest BCUT2D eigenvalue weighted by atomic mass is 9.63. The number of ketones is 2. The van der Waals surface area contributed by atoms with Crippen molar-refractivity contribution in [2.24, 2.45) is 10.8 Å². The normalized spacial score (nSPS) is 20.4. The zero-order valence-electron chi connectivity index (χ0n) is 24.1. The third-order valence-corrected chi connectivity index (χ3v) is 9.57. The van der Waals surface area contributed by atoms with Crippen LogP contribution < -0.4 is 4.18 Å². The first kappa shape index (κ1) is 30.0. The molecule has 0 amide bonds. The predicted octanol–water partition coefficient (Wildman–Crippen LogP) is 6.27. The van der Waals surface area contributed by atoms with Gasteiger partial charge < -0.3 is 14.2 Å². The molecule has 222 valence electrons. The van der Waals surface area contributed by atoms with Gasteiger partial charge in [0.2, 0.25) is 0 Å². The minimum absolute atomic E-state index is 0.0267. The molecule has 8 nitrogen and oxygen atoms in total. The molecule has 0 radical (unpaired) electrons. The van der Waals surface area contributed by atoms with Crippen LogP contribution in [0, 0.1) is 10.8 Å². The highest BCUT2D eigenvalue weighted by Crippen LogP contribution is 2.55. The van der Waals surface area contributed by atoms with Crippen LogP contribution in [0.1, 0.15) is 71.3 Å². The molecule has 2 aliphatic carbocycles. The number of hydrogen-bond donors (Lipinski definition) is 1. The van der Waals surface area contributed by atoms with E-state index in [1.165, 1.54) is 24.3 Å². The summed E-state index contributed by atoms with van der Waals surface area (Å²) in [5.74, 6) is -2.27. The number of Topliss-reactive ketones (excluding diaryl/α,β-unsaturated/α-hetero) is 2. The van der Waals surface area contributed by atoms with E-state index in [9.17, 15) is 27.9 Å². The Morgan fingerprint density at radius 1 is 0.929 bits per heavy atom. The smallest absolute Gasteiger partial charge is 0.339 e. The van der Waals surface area contributed by atoms with E-state index in [2.05, 4.69) is 0 Å².